The minimum absolute atomic E-state index is 0.0510. The first-order valence-electron chi connectivity index (χ1n) is 10.0. The first-order valence-corrected chi connectivity index (χ1v) is 12.7. The number of aromatic nitrogens is 2. The van der Waals surface area contributed by atoms with Crippen LogP contribution in [-0.2, 0) is 14.6 Å². The smallest absolute Gasteiger partial charge is 0.245 e. The van der Waals surface area contributed by atoms with E-state index in [2.05, 4.69) is 36.1 Å². The molecule has 3 heterocycles. The molecule has 2 aliphatic rings. The van der Waals surface area contributed by atoms with Gasteiger partial charge in [-0.1, -0.05) is 0 Å². The van der Waals surface area contributed by atoms with Crippen molar-refractivity contribution >= 4 is 43.3 Å². The molecule has 11 heteroatoms. The highest BCUT2D eigenvalue weighted by Gasteiger charge is 2.37. The van der Waals surface area contributed by atoms with E-state index in [4.69, 9.17) is 0 Å². The molecule has 0 aliphatic carbocycles. The van der Waals surface area contributed by atoms with E-state index in [1.807, 2.05) is 4.90 Å². The van der Waals surface area contributed by atoms with E-state index in [-0.39, 0.29) is 22.5 Å². The summed E-state index contributed by atoms with van der Waals surface area (Å²) in [7, 11) is -3.49. The van der Waals surface area contributed by atoms with Crippen LogP contribution in [-0.4, -0.2) is 67.2 Å². The van der Waals surface area contributed by atoms with Crippen molar-refractivity contribution in [2.75, 3.05) is 36.1 Å². The molecular formula is C20H23BrFN5O3S. The van der Waals surface area contributed by atoms with Crippen LogP contribution in [0.4, 0.5) is 16.0 Å². The largest absolute Gasteiger partial charge is 0.371 e. The fourth-order valence-electron chi connectivity index (χ4n) is 4.08. The van der Waals surface area contributed by atoms with Crippen molar-refractivity contribution in [2.24, 2.45) is 0 Å². The van der Waals surface area contributed by atoms with Crippen LogP contribution >= 0.6 is 15.9 Å². The van der Waals surface area contributed by atoms with Gasteiger partial charge in [-0.15, -0.1) is 0 Å². The fourth-order valence-corrected chi connectivity index (χ4v) is 4.91. The van der Waals surface area contributed by atoms with E-state index in [0.717, 1.165) is 42.7 Å². The summed E-state index contributed by atoms with van der Waals surface area (Å²) in [6.45, 7) is 2.13. The van der Waals surface area contributed by atoms with E-state index in [1.54, 1.807) is 12.4 Å². The van der Waals surface area contributed by atoms with Gasteiger partial charge in [-0.3, -0.25) is 4.79 Å². The van der Waals surface area contributed by atoms with Crippen LogP contribution in [0.3, 0.4) is 0 Å². The number of benzene rings is 1. The van der Waals surface area contributed by atoms with Gasteiger partial charge in [0, 0.05) is 44.3 Å². The summed E-state index contributed by atoms with van der Waals surface area (Å²) in [5, 5.41) is 2.95. The maximum atomic E-state index is 14.4. The minimum Gasteiger partial charge on any atom is -0.371 e. The van der Waals surface area contributed by atoms with Gasteiger partial charge in [0.25, 0.3) is 0 Å². The van der Waals surface area contributed by atoms with Gasteiger partial charge in [0.15, 0.2) is 9.84 Å². The molecular weight excluding hydrogens is 489 g/mol. The minimum atomic E-state index is -3.49. The predicted octanol–water partition coefficient (Wildman–Crippen LogP) is 2.46. The van der Waals surface area contributed by atoms with Crippen LogP contribution in [0.1, 0.15) is 19.3 Å². The second kappa shape index (κ2) is 8.70. The Morgan fingerprint density at radius 1 is 1.13 bits per heavy atom. The lowest BCUT2D eigenvalue weighted by molar-refractivity contribution is -0.130. The van der Waals surface area contributed by atoms with Gasteiger partial charge < -0.3 is 15.1 Å². The van der Waals surface area contributed by atoms with Crippen LogP contribution in [0.5, 0.6) is 0 Å². The lowest BCUT2D eigenvalue weighted by Gasteiger charge is -2.36. The molecule has 1 N–H and O–H groups in total. The number of amides is 1. The molecule has 2 aromatic rings. The molecule has 8 nitrogen and oxygen atoms in total. The van der Waals surface area contributed by atoms with Gasteiger partial charge in [-0.25, -0.2) is 22.8 Å². The molecule has 166 valence electrons. The molecule has 31 heavy (non-hydrogen) atoms. The predicted molar refractivity (Wildman–Crippen MR) is 118 cm³/mol. The quantitative estimate of drug-likeness (QED) is 0.658. The molecule has 1 atom stereocenters. The molecule has 2 aliphatic heterocycles. The normalized spacial score (nSPS) is 20.4. The van der Waals surface area contributed by atoms with Crippen molar-refractivity contribution < 1.29 is 17.6 Å². The summed E-state index contributed by atoms with van der Waals surface area (Å²) in [5.74, 6) is -0.0520. The Labute approximate surface area is 188 Å². The van der Waals surface area contributed by atoms with E-state index in [9.17, 15) is 17.6 Å². The Morgan fingerprint density at radius 3 is 2.42 bits per heavy atom. The van der Waals surface area contributed by atoms with E-state index in [1.165, 1.54) is 12.1 Å². The van der Waals surface area contributed by atoms with Crippen LogP contribution < -0.4 is 10.2 Å². The summed E-state index contributed by atoms with van der Waals surface area (Å²) in [6.07, 6.45) is 6.67. The molecule has 2 saturated heterocycles. The average molecular weight is 512 g/mol. The van der Waals surface area contributed by atoms with Crippen LogP contribution in [0.25, 0.3) is 0 Å². The summed E-state index contributed by atoms with van der Waals surface area (Å²) in [4.78, 5) is 25.5. The van der Waals surface area contributed by atoms with Gasteiger partial charge in [0.05, 0.1) is 15.1 Å². The molecule has 2 fully saturated rings. The Bertz CT molecular complexity index is 1070. The van der Waals surface area contributed by atoms with Crippen molar-refractivity contribution in [3.8, 4) is 0 Å². The van der Waals surface area contributed by atoms with E-state index >= 15 is 0 Å². The highest BCUT2D eigenvalue weighted by Crippen LogP contribution is 2.27. The Hall–Kier alpha value is -2.27. The molecule has 0 bridgehead atoms. The second-order valence-corrected chi connectivity index (χ2v) is 10.8. The molecule has 0 radical (unpaired) electrons. The summed E-state index contributed by atoms with van der Waals surface area (Å²) in [5.41, 5.74) is 0.134. The van der Waals surface area contributed by atoms with Crippen molar-refractivity contribution in [3.63, 3.8) is 0 Å². The van der Waals surface area contributed by atoms with Crippen molar-refractivity contribution in [1.29, 1.82) is 0 Å². The third kappa shape index (κ3) is 4.82. The maximum Gasteiger partial charge on any atom is 0.245 e. The zero-order valence-corrected chi connectivity index (χ0v) is 19.4. The molecule has 1 aromatic heterocycles. The number of hydrogen-bond donors (Lipinski definition) is 1. The first-order chi connectivity index (χ1) is 14.7. The highest BCUT2D eigenvalue weighted by molar-refractivity contribution is 9.10. The van der Waals surface area contributed by atoms with Gasteiger partial charge in [0.2, 0.25) is 11.9 Å². The highest BCUT2D eigenvalue weighted by atomic mass is 79.9. The Morgan fingerprint density at radius 2 is 1.81 bits per heavy atom. The number of piperidine rings is 1. The Kier molecular flexibility index (Phi) is 6.16. The van der Waals surface area contributed by atoms with Crippen molar-refractivity contribution in [2.45, 2.75) is 36.2 Å². The monoisotopic (exact) mass is 511 g/mol. The first kappa shape index (κ1) is 21.9. The van der Waals surface area contributed by atoms with Gasteiger partial charge in [-0.2, -0.15) is 0 Å². The zero-order valence-electron chi connectivity index (χ0n) is 17.0. The van der Waals surface area contributed by atoms with E-state index < -0.39 is 21.7 Å². The lowest BCUT2D eigenvalue weighted by Crippen LogP contribution is -2.47. The third-order valence-corrected chi connectivity index (χ3v) is 7.25. The molecule has 0 spiro atoms. The third-order valence-electron chi connectivity index (χ3n) is 5.73. The van der Waals surface area contributed by atoms with Crippen LogP contribution in [0.15, 0.2) is 40.0 Å². The summed E-state index contributed by atoms with van der Waals surface area (Å²) < 4.78 is 38.4. The zero-order chi connectivity index (χ0) is 22.2. The molecule has 1 unspecified atom stereocenters. The van der Waals surface area contributed by atoms with E-state index in [0.29, 0.717) is 18.9 Å². The number of likely N-dealkylation sites (tertiary alicyclic amines) is 1. The number of carbonyl (C=O) groups is 1. The summed E-state index contributed by atoms with van der Waals surface area (Å²) >= 11 is 3.33. The Balaban J connectivity index is 1.36. The van der Waals surface area contributed by atoms with Gasteiger partial charge >= 0.3 is 0 Å². The standard InChI is InChI=1S/C20H23BrFN5O3S/c1-31(29,30)15-2-3-17(16(22)10-15)25-18-6-9-27(19(18)28)14-4-7-26(8-5-14)20-23-11-13(21)12-24-20/h2-3,10-12,14,18,25H,4-9H2,1H3. The van der Waals surface area contributed by atoms with Gasteiger partial charge in [-0.05, 0) is 53.4 Å². The molecule has 0 saturated carbocycles. The number of nitrogens with one attached hydrogen (secondary N) is 1. The number of halogens is 2. The number of carbonyl (C=O) groups excluding carboxylic acids is 1. The number of nitrogens with zero attached hydrogens (tertiary/aromatic N) is 4. The molecule has 1 aromatic carbocycles. The average Bonchev–Trinajstić information content (AvgIpc) is 3.10. The number of rotatable bonds is 5. The maximum absolute atomic E-state index is 14.4. The molecule has 4 rings (SSSR count). The molecule has 1 amide bonds. The topological polar surface area (TPSA) is 95.5 Å². The van der Waals surface area contributed by atoms with Crippen LogP contribution in [0.2, 0.25) is 0 Å². The second-order valence-electron chi connectivity index (χ2n) is 7.85. The SMILES string of the molecule is CS(=O)(=O)c1ccc(NC2CCN(C3CCN(c4ncc(Br)cn4)CC3)C2=O)c(F)c1. The van der Waals surface area contributed by atoms with Crippen LogP contribution in [0, 0.1) is 5.82 Å². The summed E-state index contributed by atoms with van der Waals surface area (Å²) in [6, 6.07) is 3.31. The van der Waals surface area contributed by atoms with Gasteiger partial charge in [0.1, 0.15) is 11.9 Å². The fraction of sp³-hybridized carbons (Fsp3) is 0.450. The number of sulfone groups is 1. The van der Waals surface area contributed by atoms with Crippen molar-refractivity contribution in [1.82, 2.24) is 14.9 Å². The lowest BCUT2D eigenvalue weighted by atomic mass is 10.0. The number of anilines is 2. The van der Waals surface area contributed by atoms with Crippen molar-refractivity contribution in [3.05, 3.63) is 40.9 Å². The number of hydrogen-bond acceptors (Lipinski definition) is 7.